The lowest BCUT2D eigenvalue weighted by molar-refractivity contribution is 0.0704. The summed E-state index contributed by atoms with van der Waals surface area (Å²) in [6, 6.07) is 6.77. The van der Waals surface area contributed by atoms with Crippen LogP contribution in [-0.4, -0.2) is 12.9 Å². The van der Waals surface area contributed by atoms with Crippen molar-refractivity contribution in [3.05, 3.63) is 29.3 Å². The lowest BCUT2D eigenvalue weighted by Crippen LogP contribution is -2.21. The van der Waals surface area contributed by atoms with Crippen molar-refractivity contribution in [1.82, 2.24) is 0 Å². The minimum absolute atomic E-state index is 0.0503. The number of carbonyl (C=O) groups excluding carboxylic acids is 1. The highest BCUT2D eigenvalue weighted by molar-refractivity contribution is 6.30. The highest BCUT2D eigenvalue weighted by atomic mass is 35.5. The molecule has 0 spiro atoms. The van der Waals surface area contributed by atoms with E-state index in [2.05, 4.69) is 4.74 Å². The molecule has 0 aromatic heterocycles. The molecule has 1 aliphatic rings. The van der Waals surface area contributed by atoms with E-state index in [-0.39, 0.29) is 6.79 Å². The van der Waals surface area contributed by atoms with Crippen LogP contribution in [-0.2, 0) is 9.57 Å². The summed E-state index contributed by atoms with van der Waals surface area (Å²) in [6.07, 6.45) is -0.526. The minimum Gasteiger partial charge on any atom is -0.418 e. The molecule has 0 atom stereocenters. The van der Waals surface area contributed by atoms with Crippen LogP contribution < -0.4 is 5.06 Å². The molecule has 0 N–H and O–H groups in total. The lowest BCUT2D eigenvalue weighted by Gasteiger charge is -2.09. The molecule has 1 aromatic rings. The third-order valence-electron chi connectivity index (χ3n) is 1.57. The third-order valence-corrected chi connectivity index (χ3v) is 1.81. The normalized spacial score (nSPS) is 16.1. The van der Waals surface area contributed by atoms with Crippen molar-refractivity contribution < 1.29 is 14.4 Å². The number of anilines is 1. The van der Waals surface area contributed by atoms with E-state index in [1.807, 2.05) is 0 Å². The van der Waals surface area contributed by atoms with Crippen LogP contribution in [0.4, 0.5) is 10.5 Å². The number of benzene rings is 1. The Balaban J connectivity index is 2.29. The molecule has 0 unspecified atom stereocenters. The number of carbonyl (C=O) groups is 1. The second-order valence-electron chi connectivity index (χ2n) is 2.43. The SMILES string of the molecule is O=C1OCON1c1cccc(Cl)c1. The van der Waals surface area contributed by atoms with Gasteiger partial charge in [0.15, 0.2) is 0 Å². The zero-order valence-corrected chi connectivity index (χ0v) is 7.32. The first-order valence-corrected chi connectivity index (χ1v) is 4.00. The van der Waals surface area contributed by atoms with Gasteiger partial charge >= 0.3 is 6.09 Å². The molecule has 1 amide bonds. The molecule has 1 fully saturated rings. The molecule has 68 valence electrons. The van der Waals surface area contributed by atoms with Gasteiger partial charge in [-0.1, -0.05) is 17.7 Å². The van der Waals surface area contributed by atoms with Crippen LogP contribution in [0.2, 0.25) is 5.02 Å². The van der Waals surface area contributed by atoms with Crippen LogP contribution in [0, 0.1) is 0 Å². The Hall–Kier alpha value is -1.26. The quantitative estimate of drug-likeness (QED) is 0.696. The number of hydroxylamine groups is 1. The van der Waals surface area contributed by atoms with Crippen LogP contribution in [0.3, 0.4) is 0 Å². The van der Waals surface area contributed by atoms with Crippen LogP contribution in [0.5, 0.6) is 0 Å². The first-order chi connectivity index (χ1) is 6.27. The monoisotopic (exact) mass is 199 g/mol. The molecule has 1 aliphatic heterocycles. The first kappa shape index (κ1) is 8.34. The van der Waals surface area contributed by atoms with Crippen LogP contribution in [0.1, 0.15) is 0 Å². The largest absolute Gasteiger partial charge is 0.441 e. The van der Waals surface area contributed by atoms with Gasteiger partial charge in [0.1, 0.15) is 0 Å². The second-order valence-corrected chi connectivity index (χ2v) is 2.87. The lowest BCUT2D eigenvalue weighted by atomic mass is 10.3. The molecular weight excluding hydrogens is 194 g/mol. The van der Waals surface area contributed by atoms with E-state index in [0.717, 1.165) is 5.06 Å². The number of rotatable bonds is 1. The summed E-state index contributed by atoms with van der Waals surface area (Å²) < 4.78 is 4.58. The molecule has 1 heterocycles. The highest BCUT2D eigenvalue weighted by Gasteiger charge is 2.25. The average molecular weight is 200 g/mol. The van der Waals surface area contributed by atoms with Crippen molar-refractivity contribution in [2.24, 2.45) is 0 Å². The Bertz CT molecular complexity index is 342. The molecule has 4 nitrogen and oxygen atoms in total. The highest BCUT2D eigenvalue weighted by Crippen LogP contribution is 2.22. The summed E-state index contributed by atoms with van der Waals surface area (Å²) in [7, 11) is 0. The van der Waals surface area contributed by atoms with Gasteiger partial charge in [0, 0.05) is 5.02 Å². The van der Waals surface area contributed by atoms with Crippen LogP contribution in [0.15, 0.2) is 24.3 Å². The topological polar surface area (TPSA) is 38.8 Å². The fourth-order valence-corrected chi connectivity index (χ4v) is 1.21. The molecule has 13 heavy (non-hydrogen) atoms. The van der Waals surface area contributed by atoms with E-state index in [1.165, 1.54) is 0 Å². The van der Waals surface area contributed by atoms with E-state index in [9.17, 15) is 4.79 Å². The Morgan fingerprint density at radius 1 is 1.46 bits per heavy atom. The number of hydrogen-bond acceptors (Lipinski definition) is 3. The van der Waals surface area contributed by atoms with Gasteiger partial charge in [-0.05, 0) is 18.2 Å². The molecule has 0 saturated carbocycles. The molecule has 0 bridgehead atoms. The van der Waals surface area contributed by atoms with Gasteiger partial charge in [0.05, 0.1) is 5.69 Å². The molecule has 1 saturated heterocycles. The number of halogens is 1. The van der Waals surface area contributed by atoms with E-state index in [1.54, 1.807) is 24.3 Å². The van der Waals surface area contributed by atoms with Gasteiger partial charge in [0.2, 0.25) is 6.79 Å². The number of nitrogens with zero attached hydrogens (tertiary/aromatic N) is 1. The van der Waals surface area contributed by atoms with Gasteiger partial charge in [-0.25, -0.2) is 9.63 Å². The Kier molecular flexibility index (Phi) is 2.08. The zero-order chi connectivity index (χ0) is 9.26. The standard InChI is InChI=1S/C8H6ClNO3/c9-6-2-1-3-7(4-6)10-8(11)12-5-13-10/h1-4H,5H2. The van der Waals surface area contributed by atoms with Crippen LogP contribution in [0.25, 0.3) is 0 Å². The summed E-state index contributed by atoms with van der Waals surface area (Å²) >= 11 is 5.74. The summed E-state index contributed by atoms with van der Waals surface area (Å²) in [5.41, 5.74) is 0.565. The summed E-state index contributed by atoms with van der Waals surface area (Å²) in [5.74, 6) is 0. The molecular formula is C8H6ClNO3. The van der Waals surface area contributed by atoms with Gasteiger partial charge in [-0.3, -0.25) is 0 Å². The summed E-state index contributed by atoms with van der Waals surface area (Å²) in [5, 5.41) is 1.60. The maximum absolute atomic E-state index is 11.0. The van der Waals surface area contributed by atoms with Gasteiger partial charge < -0.3 is 4.74 Å². The van der Waals surface area contributed by atoms with Crippen molar-refractivity contribution in [1.29, 1.82) is 0 Å². The number of amides is 1. The maximum atomic E-state index is 11.0. The second kappa shape index (κ2) is 3.24. The predicted molar refractivity (Wildman–Crippen MR) is 46.4 cm³/mol. The molecule has 5 heteroatoms. The van der Waals surface area contributed by atoms with Crippen molar-refractivity contribution in [2.75, 3.05) is 11.9 Å². The van der Waals surface area contributed by atoms with Crippen molar-refractivity contribution >= 4 is 23.4 Å². The van der Waals surface area contributed by atoms with Crippen molar-refractivity contribution in [3.63, 3.8) is 0 Å². The summed E-state index contributed by atoms with van der Waals surface area (Å²) in [4.78, 5) is 15.9. The number of ether oxygens (including phenoxy) is 1. The smallest absolute Gasteiger partial charge is 0.418 e. The number of cyclic esters (lactones) is 1. The molecule has 0 aliphatic carbocycles. The number of hydrogen-bond donors (Lipinski definition) is 0. The third kappa shape index (κ3) is 1.59. The Labute approximate surface area is 79.6 Å². The van der Waals surface area contributed by atoms with Gasteiger partial charge in [-0.2, -0.15) is 0 Å². The summed E-state index contributed by atoms with van der Waals surface area (Å²) in [6.45, 7) is -0.0503. The zero-order valence-electron chi connectivity index (χ0n) is 6.57. The first-order valence-electron chi connectivity index (χ1n) is 3.63. The van der Waals surface area contributed by atoms with Crippen molar-refractivity contribution in [3.8, 4) is 0 Å². The predicted octanol–water partition coefficient (Wildman–Crippen LogP) is 2.19. The van der Waals surface area contributed by atoms with E-state index >= 15 is 0 Å². The Morgan fingerprint density at radius 2 is 2.31 bits per heavy atom. The van der Waals surface area contributed by atoms with E-state index in [0.29, 0.717) is 10.7 Å². The van der Waals surface area contributed by atoms with Crippen LogP contribution >= 0.6 is 11.6 Å². The average Bonchev–Trinajstić information content (AvgIpc) is 2.51. The minimum atomic E-state index is -0.526. The van der Waals surface area contributed by atoms with Gasteiger partial charge in [0.25, 0.3) is 0 Å². The maximum Gasteiger partial charge on any atom is 0.441 e. The van der Waals surface area contributed by atoms with E-state index in [4.69, 9.17) is 16.4 Å². The van der Waals surface area contributed by atoms with Gasteiger partial charge in [-0.15, -0.1) is 5.06 Å². The fourth-order valence-electron chi connectivity index (χ4n) is 1.02. The molecule has 2 rings (SSSR count). The van der Waals surface area contributed by atoms with Crippen molar-refractivity contribution in [2.45, 2.75) is 0 Å². The molecule has 1 aromatic carbocycles. The van der Waals surface area contributed by atoms with E-state index < -0.39 is 6.09 Å². The Morgan fingerprint density at radius 3 is 2.92 bits per heavy atom. The fraction of sp³-hybridized carbons (Fsp3) is 0.125. The molecule has 0 radical (unpaired) electrons.